The van der Waals surface area contributed by atoms with Crippen LogP contribution in [0.1, 0.15) is 29.3 Å². The molecule has 0 bridgehead atoms. The molecular formula is C17H17BrO2. The van der Waals surface area contributed by atoms with E-state index < -0.39 is 6.10 Å². The highest BCUT2D eigenvalue weighted by molar-refractivity contribution is 9.10. The average Bonchev–Trinajstić information content (AvgIpc) is 2.47. The average molecular weight is 333 g/mol. The van der Waals surface area contributed by atoms with Gasteiger partial charge in [0, 0.05) is 10.0 Å². The Morgan fingerprint density at radius 1 is 1.20 bits per heavy atom. The number of carbonyl (C=O) groups is 1. The molecule has 2 aromatic carbocycles. The van der Waals surface area contributed by atoms with Crippen molar-refractivity contribution in [2.75, 3.05) is 0 Å². The van der Waals surface area contributed by atoms with Crippen molar-refractivity contribution < 1.29 is 9.53 Å². The van der Waals surface area contributed by atoms with E-state index >= 15 is 0 Å². The second-order valence-electron chi connectivity index (χ2n) is 4.65. The molecule has 20 heavy (non-hydrogen) atoms. The van der Waals surface area contributed by atoms with E-state index in [0.717, 1.165) is 15.8 Å². The molecule has 0 aliphatic rings. The third kappa shape index (κ3) is 3.48. The third-order valence-electron chi connectivity index (χ3n) is 3.13. The van der Waals surface area contributed by atoms with Gasteiger partial charge in [0.1, 0.15) is 5.75 Å². The van der Waals surface area contributed by atoms with Crippen LogP contribution in [0.5, 0.6) is 5.75 Å². The maximum atomic E-state index is 12.4. The zero-order valence-corrected chi connectivity index (χ0v) is 13.2. The molecule has 1 atom stereocenters. The van der Waals surface area contributed by atoms with Gasteiger partial charge >= 0.3 is 0 Å². The molecule has 0 aliphatic heterocycles. The van der Waals surface area contributed by atoms with Crippen molar-refractivity contribution in [1.29, 1.82) is 0 Å². The number of ketones is 1. The number of rotatable bonds is 5. The van der Waals surface area contributed by atoms with Crippen LogP contribution in [0.2, 0.25) is 0 Å². The van der Waals surface area contributed by atoms with Gasteiger partial charge in [-0.3, -0.25) is 4.79 Å². The summed E-state index contributed by atoms with van der Waals surface area (Å²) in [4.78, 5) is 12.4. The van der Waals surface area contributed by atoms with E-state index in [-0.39, 0.29) is 5.78 Å². The Bertz CT molecular complexity index is 593. The summed E-state index contributed by atoms with van der Waals surface area (Å²) in [6.45, 7) is 3.93. The van der Waals surface area contributed by atoms with Gasteiger partial charge in [0.15, 0.2) is 6.10 Å². The summed E-state index contributed by atoms with van der Waals surface area (Å²) in [6, 6.07) is 15.1. The predicted molar refractivity (Wildman–Crippen MR) is 84.4 cm³/mol. The highest BCUT2D eigenvalue weighted by atomic mass is 79.9. The van der Waals surface area contributed by atoms with E-state index in [1.807, 2.05) is 62.4 Å². The van der Waals surface area contributed by atoms with Gasteiger partial charge in [0.05, 0.1) is 0 Å². The number of ether oxygens (including phenoxy) is 1. The van der Waals surface area contributed by atoms with E-state index in [4.69, 9.17) is 4.74 Å². The fraction of sp³-hybridized carbons (Fsp3) is 0.235. The minimum Gasteiger partial charge on any atom is -0.482 e. The molecule has 0 aliphatic carbocycles. The lowest BCUT2D eigenvalue weighted by Crippen LogP contribution is -2.27. The molecule has 0 saturated heterocycles. The van der Waals surface area contributed by atoms with E-state index in [0.29, 0.717) is 12.0 Å². The quantitative estimate of drug-likeness (QED) is 0.735. The van der Waals surface area contributed by atoms with Crippen LogP contribution in [0.3, 0.4) is 0 Å². The Balaban J connectivity index is 2.19. The normalized spacial score (nSPS) is 11.9. The second kappa shape index (κ2) is 6.71. The van der Waals surface area contributed by atoms with Crippen LogP contribution in [0.15, 0.2) is 53.0 Å². The molecule has 0 saturated carbocycles. The molecule has 0 spiro atoms. The first-order valence-corrected chi connectivity index (χ1v) is 7.43. The van der Waals surface area contributed by atoms with Gasteiger partial charge in [-0.2, -0.15) is 0 Å². The second-order valence-corrected chi connectivity index (χ2v) is 5.57. The summed E-state index contributed by atoms with van der Waals surface area (Å²) in [6.07, 6.45) is 0.195. The number of halogens is 1. The Labute approximate surface area is 127 Å². The Hall–Kier alpha value is -1.61. The predicted octanol–water partition coefficient (Wildman–Crippen LogP) is 4.80. The maximum Gasteiger partial charge on any atom is 0.203 e. The molecule has 1 unspecified atom stereocenters. The topological polar surface area (TPSA) is 26.3 Å². The monoisotopic (exact) mass is 332 g/mol. The molecule has 2 rings (SSSR count). The van der Waals surface area contributed by atoms with Crippen molar-refractivity contribution in [3.63, 3.8) is 0 Å². The van der Waals surface area contributed by atoms with Gasteiger partial charge in [-0.25, -0.2) is 0 Å². The van der Waals surface area contributed by atoms with Crippen molar-refractivity contribution in [3.8, 4) is 5.75 Å². The number of carbonyl (C=O) groups excluding carboxylic acids is 1. The first kappa shape index (κ1) is 14.8. The maximum absolute atomic E-state index is 12.4. The van der Waals surface area contributed by atoms with E-state index in [1.165, 1.54) is 0 Å². The van der Waals surface area contributed by atoms with Gasteiger partial charge in [-0.05, 0) is 37.1 Å². The van der Waals surface area contributed by atoms with Crippen LogP contribution in [0.4, 0.5) is 0 Å². The summed E-state index contributed by atoms with van der Waals surface area (Å²) in [7, 11) is 0. The molecule has 0 fully saturated rings. The van der Waals surface area contributed by atoms with Gasteiger partial charge in [0.2, 0.25) is 5.78 Å². The lowest BCUT2D eigenvalue weighted by atomic mass is 10.0. The molecule has 3 heteroatoms. The van der Waals surface area contributed by atoms with Gasteiger partial charge < -0.3 is 4.74 Å². The largest absolute Gasteiger partial charge is 0.482 e. The molecular weight excluding hydrogens is 316 g/mol. The Kier molecular flexibility index (Phi) is 4.96. The summed E-state index contributed by atoms with van der Waals surface area (Å²) >= 11 is 3.42. The SMILES string of the molecule is CCC(Oc1ccc(Br)cc1C)C(=O)c1ccccc1. The number of aryl methyl sites for hydroxylation is 1. The number of hydrogen-bond donors (Lipinski definition) is 0. The van der Waals surface area contributed by atoms with Crippen LogP contribution in [-0.4, -0.2) is 11.9 Å². The summed E-state index contributed by atoms with van der Waals surface area (Å²) in [5.74, 6) is 0.778. The highest BCUT2D eigenvalue weighted by Crippen LogP contribution is 2.24. The molecule has 0 heterocycles. The summed E-state index contributed by atoms with van der Waals surface area (Å²) < 4.78 is 6.90. The standard InChI is InChI=1S/C17H17BrO2/c1-3-15(17(19)13-7-5-4-6-8-13)20-16-10-9-14(18)11-12(16)2/h4-11,15H,3H2,1-2H3. The van der Waals surface area contributed by atoms with Crippen LogP contribution in [0.25, 0.3) is 0 Å². The smallest absolute Gasteiger partial charge is 0.203 e. The molecule has 104 valence electrons. The molecule has 0 N–H and O–H groups in total. The fourth-order valence-electron chi connectivity index (χ4n) is 2.01. The van der Waals surface area contributed by atoms with Crippen LogP contribution in [0, 0.1) is 6.92 Å². The minimum absolute atomic E-state index is 0.0235. The molecule has 0 amide bonds. The van der Waals surface area contributed by atoms with Crippen molar-refractivity contribution in [2.45, 2.75) is 26.4 Å². The summed E-state index contributed by atoms with van der Waals surface area (Å²) in [5, 5.41) is 0. The van der Waals surface area contributed by atoms with E-state index in [1.54, 1.807) is 0 Å². The molecule has 0 aromatic heterocycles. The van der Waals surface area contributed by atoms with Crippen LogP contribution >= 0.6 is 15.9 Å². The van der Waals surface area contributed by atoms with Gasteiger partial charge in [-0.15, -0.1) is 0 Å². The molecule has 2 nitrogen and oxygen atoms in total. The minimum atomic E-state index is -0.447. The first-order chi connectivity index (χ1) is 9.61. The molecule has 0 radical (unpaired) electrons. The van der Waals surface area contributed by atoms with Crippen molar-refractivity contribution in [2.24, 2.45) is 0 Å². The van der Waals surface area contributed by atoms with E-state index in [2.05, 4.69) is 15.9 Å². The third-order valence-corrected chi connectivity index (χ3v) is 3.62. The van der Waals surface area contributed by atoms with Crippen molar-refractivity contribution >= 4 is 21.7 Å². The zero-order valence-electron chi connectivity index (χ0n) is 11.6. The Morgan fingerprint density at radius 2 is 1.90 bits per heavy atom. The van der Waals surface area contributed by atoms with Crippen LogP contribution in [-0.2, 0) is 0 Å². The Morgan fingerprint density at radius 3 is 2.50 bits per heavy atom. The lowest BCUT2D eigenvalue weighted by Gasteiger charge is -2.18. The fourth-order valence-corrected chi connectivity index (χ4v) is 2.48. The number of benzene rings is 2. The lowest BCUT2D eigenvalue weighted by molar-refractivity contribution is 0.0785. The number of Topliss-reactive ketones (excluding diaryl/α,β-unsaturated/α-hetero) is 1. The summed E-state index contributed by atoms with van der Waals surface area (Å²) in [5.41, 5.74) is 1.70. The molecule has 2 aromatic rings. The first-order valence-electron chi connectivity index (χ1n) is 6.64. The van der Waals surface area contributed by atoms with Crippen molar-refractivity contribution in [1.82, 2.24) is 0 Å². The highest BCUT2D eigenvalue weighted by Gasteiger charge is 2.20. The van der Waals surface area contributed by atoms with E-state index in [9.17, 15) is 4.79 Å². The van der Waals surface area contributed by atoms with Gasteiger partial charge in [-0.1, -0.05) is 53.2 Å². The van der Waals surface area contributed by atoms with Gasteiger partial charge in [0.25, 0.3) is 0 Å². The van der Waals surface area contributed by atoms with Crippen LogP contribution < -0.4 is 4.74 Å². The number of hydrogen-bond acceptors (Lipinski definition) is 2. The van der Waals surface area contributed by atoms with Crippen molar-refractivity contribution in [3.05, 3.63) is 64.1 Å². The zero-order chi connectivity index (χ0) is 14.5.